The maximum Gasteiger partial charge on any atom is -0.00219 e. The smallest absolute Gasteiger partial charge is 0.00219 e. The molecule has 1 nitrogen and oxygen atoms in total. The lowest BCUT2D eigenvalue weighted by atomic mass is 10.3. The van der Waals surface area contributed by atoms with Gasteiger partial charge in [-0.15, -0.1) is 0 Å². The van der Waals surface area contributed by atoms with Crippen LogP contribution >= 0.6 is 0 Å². The van der Waals surface area contributed by atoms with Gasteiger partial charge in [-0.2, -0.15) is 0 Å². The maximum atomic E-state index is 3.60. The highest BCUT2D eigenvalue weighted by atomic mass is 15.0. The van der Waals surface area contributed by atoms with E-state index in [4.69, 9.17) is 0 Å². The Bertz CT molecular complexity index is 103. The van der Waals surface area contributed by atoms with Crippen molar-refractivity contribution in [2.75, 3.05) is 20.6 Å². The van der Waals surface area contributed by atoms with Crippen LogP contribution in [0.2, 0.25) is 0 Å². The van der Waals surface area contributed by atoms with Crippen LogP contribution in [0.25, 0.3) is 0 Å². The molecule has 0 aliphatic rings. The first-order valence-corrected chi connectivity index (χ1v) is 3.69. The van der Waals surface area contributed by atoms with Crippen LogP contribution in [0.1, 0.15) is 12.8 Å². The lowest BCUT2D eigenvalue weighted by molar-refractivity contribution is 0.402. The minimum absolute atomic E-state index is 1.16. The molecule has 0 aromatic heterocycles. The zero-order chi connectivity index (χ0) is 7.82. The summed E-state index contributed by atoms with van der Waals surface area (Å²) in [5.41, 5.74) is 0. The zero-order valence-electron chi connectivity index (χ0n) is 7.01. The molecule has 58 valence electrons. The normalized spacial score (nSPS) is 11.1. The Balaban J connectivity index is 3.04. The van der Waals surface area contributed by atoms with E-state index in [9.17, 15) is 0 Å². The molecule has 0 N–H and O–H groups in total. The van der Waals surface area contributed by atoms with Gasteiger partial charge in [0.1, 0.15) is 0 Å². The lowest BCUT2D eigenvalue weighted by Crippen LogP contribution is -2.12. The highest BCUT2D eigenvalue weighted by molar-refractivity contribution is 4.96. The maximum absolute atomic E-state index is 3.60. The van der Waals surface area contributed by atoms with Gasteiger partial charge in [0.15, 0.2) is 0 Å². The van der Waals surface area contributed by atoms with E-state index in [2.05, 4.69) is 31.7 Å². The minimum Gasteiger partial charge on any atom is -0.309 e. The molecule has 0 unspecified atom stereocenters. The molecular formula is C9H17N. The summed E-state index contributed by atoms with van der Waals surface area (Å²) in [5.74, 6) is 0. The van der Waals surface area contributed by atoms with Crippen molar-refractivity contribution in [3.63, 3.8) is 0 Å². The van der Waals surface area contributed by atoms with Crippen LogP contribution in [0.3, 0.4) is 0 Å². The molecule has 1 heteroatoms. The van der Waals surface area contributed by atoms with Crippen molar-refractivity contribution in [1.29, 1.82) is 0 Å². The quantitative estimate of drug-likeness (QED) is 0.416. The fraction of sp³-hybridized carbons (Fsp3) is 0.556. The Morgan fingerprint density at radius 3 is 2.60 bits per heavy atom. The molecule has 0 saturated carbocycles. The average Bonchev–Trinajstić information content (AvgIpc) is 1.87. The van der Waals surface area contributed by atoms with Crippen LogP contribution in [-0.4, -0.2) is 25.5 Å². The van der Waals surface area contributed by atoms with Crippen LogP contribution in [0, 0.1) is 0 Å². The van der Waals surface area contributed by atoms with Crippen LogP contribution in [0.15, 0.2) is 24.8 Å². The molecule has 0 aliphatic carbocycles. The van der Waals surface area contributed by atoms with E-state index >= 15 is 0 Å². The van der Waals surface area contributed by atoms with Gasteiger partial charge in [0.05, 0.1) is 0 Å². The van der Waals surface area contributed by atoms with Crippen molar-refractivity contribution < 1.29 is 0 Å². The molecule has 0 aromatic rings. The Morgan fingerprint density at radius 1 is 1.40 bits per heavy atom. The van der Waals surface area contributed by atoms with Gasteiger partial charge < -0.3 is 4.90 Å². The van der Waals surface area contributed by atoms with Gasteiger partial charge >= 0.3 is 0 Å². The van der Waals surface area contributed by atoms with Crippen molar-refractivity contribution in [3.05, 3.63) is 24.8 Å². The molecule has 0 fully saturated rings. The molecule has 0 amide bonds. The largest absolute Gasteiger partial charge is 0.309 e. The zero-order valence-corrected chi connectivity index (χ0v) is 7.01. The van der Waals surface area contributed by atoms with E-state index in [0.717, 1.165) is 6.42 Å². The highest BCUT2D eigenvalue weighted by Crippen LogP contribution is 1.91. The third-order valence-electron chi connectivity index (χ3n) is 1.25. The van der Waals surface area contributed by atoms with E-state index in [-0.39, 0.29) is 0 Å². The van der Waals surface area contributed by atoms with Crippen LogP contribution in [-0.2, 0) is 0 Å². The predicted molar refractivity (Wildman–Crippen MR) is 47.1 cm³/mol. The van der Waals surface area contributed by atoms with Gasteiger partial charge in [-0.05, 0) is 33.5 Å². The van der Waals surface area contributed by atoms with E-state index in [1.807, 2.05) is 12.2 Å². The van der Waals surface area contributed by atoms with Gasteiger partial charge in [0.25, 0.3) is 0 Å². The number of hydrogen-bond donors (Lipinski definition) is 0. The number of unbranched alkanes of at least 4 members (excludes halogenated alkanes) is 1. The van der Waals surface area contributed by atoms with E-state index in [1.54, 1.807) is 0 Å². The molecule has 0 saturated heterocycles. The van der Waals surface area contributed by atoms with Gasteiger partial charge in [-0.3, -0.25) is 0 Å². The van der Waals surface area contributed by atoms with Crippen LogP contribution in [0.5, 0.6) is 0 Å². The van der Waals surface area contributed by atoms with Gasteiger partial charge in [0.2, 0.25) is 0 Å². The fourth-order valence-electron chi connectivity index (χ4n) is 0.718. The van der Waals surface area contributed by atoms with Crippen molar-refractivity contribution in [3.8, 4) is 0 Å². The first-order valence-electron chi connectivity index (χ1n) is 3.69. The predicted octanol–water partition coefficient (Wildman–Crippen LogP) is 2.07. The summed E-state index contributed by atoms with van der Waals surface area (Å²) in [6.07, 6.45) is 8.35. The summed E-state index contributed by atoms with van der Waals surface area (Å²) < 4.78 is 0. The Labute approximate surface area is 64.0 Å². The third-order valence-corrected chi connectivity index (χ3v) is 1.25. The second-order valence-electron chi connectivity index (χ2n) is 2.61. The Morgan fingerprint density at radius 2 is 2.10 bits per heavy atom. The Hall–Kier alpha value is -0.560. The first kappa shape index (κ1) is 9.44. The Kier molecular flexibility index (Phi) is 6.19. The second kappa shape index (κ2) is 6.56. The van der Waals surface area contributed by atoms with Crippen molar-refractivity contribution in [2.45, 2.75) is 12.8 Å². The third kappa shape index (κ3) is 7.44. The van der Waals surface area contributed by atoms with Gasteiger partial charge in [0, 0.05) is 0 Å². The summed E-state index contributed by atoms with van der Waals surface area (Å²) in [4.78, 5) is 2.20. The SMILES string of the molecule is C=C/C=C/CCCN(C)C. The van der Waals surface area contributed by atoms with Crippen LogP contribution < -0.4 is 0 Å². The standard InChI is InChI=1S/C9H17N/c1-4-5-6-7-8-9-10(2)3/h4-6H,1,7-9H2,2-3H3/b6-5+. The molecule has 0 rings (SSSR count). The molecule has 0 radical (unpaired) electrons. The highest BCUT2D eigenvalue weighted by Gasteiger charge is 1.85. The molecule has 0 heterocycles. The van der Waals surface area contributed by atoms with Crippen LogP contribution in [0.4, 0.5) is 0 Å². The topological polar surface area (TPSA) is 3.24 Å². The van der Waals surface area contributed by atoms with E-state index in [0.29, 0.717) is 0 Å². The monoisotopic (exact) mass is 139 g/mol. The number of allylic oxidation sites excluding steroid dienone is 3. The summed E-state index contributed by atoms with van der Waals surface area (Å²) in [7, 11) is 4.19. The fourth-order valence-corrected chi connectivity index (χ4v) is 0.718. The van der Waals surface area contributed by atoms with Crippen molar-refractivity contribution in [2.24, 2.45) is 0 Å². The van der Waals surface area contributed by atoms with E-state index < -0.39 is 0 Å². The average molecular weight is 139 g/mol. The molecule has 0 spiro atoms. The summed E-state index contributed by atoms with van der Waals surface area (Å²) in [5, 5.41) is 0. The molecule has 10 heavy (non-hydrogen) atoms. The molecular weight excluding hydrogens is 122 g/mol. The van der Waals surface area contributed by atoms with Crippen molar-refractivity contribution in [1.82, 2.24) is 4.90 Å². The second-order valence-corrected chi connectivity index (χ2v) is 2.61. The van der Waals surface area contributed by atoms with Crippen molar-refractivity contribution >= 4 is 0 Å². The number of nitrogens with zero attached hydrogens (tertiary/aromatic N) is 1. The summed E-state index contributed by atoms with van der Waals surface area (Å²) in [6.45, 7) is 4.76. The first-order chi connectivity index (χ1) is 4.77. The molecule has 0 bridgehead atoms. The summed E-state index contributed by atoms with van der Waals surface area (Å²) >= 11 is 0. The van der Waals surface area contributed by atoms with Gasteiger partial charge in [-0.25, -0.2) is 0 Å². The molecule has 0 atom stereocenters. The summed E-state index contributed by atoms with van der Waals surface area (Å²) in [6, 6.07) is 0. The minimum atomic E-state index is 1.16. The molecule has 0 aliphatic heterocycles. The van der Waals surface area contributed by atoms with E-state index in [1.165, 1.54) is 13.0 Å². The lowest BCUT2D eigenvalue weighted by Gasteiger charge is -2.06. The molecule has 0 aromatic carbocycles. The number of hydrogen-bond acceptors (Lipinski definition) is 1. The number of rotatable bonds is 5. The van der Waals surface area contributed by atoms with Gasteiger partial charge in [-0.1, -0.05) is 24.8 Å².